The summed E-state index contributed by atoms with van der Waals surface area (Å²) < 4.78 is 1.57. The van der Waals surface area contributed by atoms with Crippen molar-refractivity contribution in [2.45, 2.75) is 58.6 Å². The number of aromatic carboxylic acids is 1. The fourth-order valence-electron chi connectivity index (χ4n) is 1.74. The molecule has 1 heterocycles. The van der Waals surface area contributed by atoms with Gasteiger partial charge in [0.25, 0.3) is 0 Å². The average molecular weight is 255 g/mol. The quantitative estimate of drug-likeness (QED) is 0.849. The van der Waals surface area contributed by atoms with Gasteiger partial charge in [0.1, 0.15) is 0 Å². The van der Waals surface area contributed by atoms with E-state index in [4.69, 9.17) is 5.11 Å². The van der Waals surface area contributed by atoms with Crippen molar-refractivity contribution in [3.63, 3.8) is 0 Å². The molecule has 0 aliphatic heterocycles. The van der Waals surface area contributed by atoms with E-state index in [0.29, 0.717) is 18.7 Å². The summed E-state index contributed by atoms with van der Waals surface area (Å²) in [5, 5.41) is 26.4. The van der Waals surface area contributed by atoms with Crippen molar-refractivity contribution in [3.05, 3.63) is 11.4 Å². The fourth-order valence-corrected chi connectivity index (χ4v) is 1.74. The van der Waals surface area contributed by atoms with Crippen LogP contribution in [0.3, 0.4) is 0 Å². The van der Waals surface area contributed by atoms with Gasteiger partial charge in [0, 0.05) is 12.0 Å². The Hall–Kier alpha value is -1.43. The van der Waals surface area contributed by atoms with Gasteiger partial charge in [0.2, 0.25) is 0 Å². The van der Waals surface area contributed by atoms with Crippen LogP contribution < -0.4 is 0 Å². The molecule has 0 spiro atoms. The van der Waals surface area contributed by atoms with Crippen LogP contribution in [0.5, 0.6) is 0 Å². The Balaban J connectivity index is 3.10. The van der Waals surface area contributed by atoms with Crippen LogP contribution in [0.1, 0.15) is 57.2 Å². The number of aliphatic hydroxyl groups is 1. The number of aryl methyl sites for hydroxylation is 1. The Morgan fingerprint density at radius 1 is 1.28 bits per heavy atom. The molecule has 2 N–H and O–H groups in total. The molecular weight excluding hydrogens is 234 g/mol. The van der Waals surface area contributed by atoms with Crippen LogP contribution in [0.4, 0.5) is 0 Å². The monoisotopic (exact) mass is 255 g/mol. The molecule has 0 aliphatic rings. The third-order valence-corrected chi connectivity index (χ3v) is 2.58. The Morgan fingerprint density at radius 2 is 1.83 bits per heavy atom. The molecule has 0 bridgehead atoms. The molecular formula is C12H21N3O3. The van der Waals surface area contributed by atoms with E-state index in [1.54, 1.807) is 18.5 Å². The lowest BCUT2D eigenvalue weighted by molar-refractivity contribution is 0.0644. The van der Waals surface area contributed by atoms with Crippen LogP contribution in [0, 0.1) is 0 Å². The third-order valence-electron chi connectivity index (χ3n) is 2.58. The zero-order valence-electron chi connectivity index (χ0n) is 11.6. The number of carboxylic acid groups (broad SMARTS) is 1. The van der Waals surface area contributed by atoms with Crippen molar-refractivity contribution in [3.8, 4) is 0 Å². The average Bonchev–Trinajstić information content (AvgIpc) is 2.56. The van der Waals surface area contributed by atoms with Crippen molar-refractivity contribution >= 4 is 5.97 Å². The topological polar surface area (TPSA) is 88.2 Å². The van der Waals surface area contributed by atoms with Crippen LogP contribution in [-0.2, 0) is 12.0 Å². The molecule has 0 unspecified atom stereocenters. The van der Waals surface area contributed by atoms with Crippen molar-refractivity contribution in [2.24, 2.45) is 0 Å². The Bertz CT molecular complexity index is 438. The number of hydrogen-bond donors (Lipinski definition) is 2. The van der Waals surface area contributed by atoms with Gasteiger partial charge in [-0.3, -0.25) is 0 Å². The summed E-state index contributed by atoms with van der Waals surface area (Å²) in [6.07, 6.45) is 0.485. The molecule has 1 rings (SSSR count). The van der Waals surface area contributed by atoms with Gasteiger partial charge >= 0.3 is 5.97 Å². The standard InChI is InChI=1S/C12H21N3O3/c1-11(2,3)9-8(10(16)17)13-14-15(9)7-6-12(4,5)18/h18H,6-7H2,1-5H3,(H,16,17). The Kier molecular flexibility index (Phi) is 3.81. The first-order valence-electron chi connectivity index (χ1n) is 5.92. The van der Waals surface area contributed by atoms with Crippen molar-refractivity contribution in [1.29, 1.82) is 0 Å². The lowest BCUT2D eigenvalue weighted by atomic mass is 9.90. The Labute approximate surface area is 107 Å². The highest BCUT2D eigenvalue weighted by molar-refractivity contribution is 5.86. The van der Waals surface area contributed by atoms with Crippen LogP contribution in [0.25, 0.3) is 0 Å². The van der Waals surface area contributed by atoms with Crippen molar-refractivity contribution in [1.82, 2.24) is 15.0 Å². The molecule has 0 atom stereocenters. The maximum atomic E-state index is 11.1. The summed E-state index contributed by atoms with van der Waals surface area (Å²) in [6, 6.07) is 0. The van der Waals surface area contributed by atoms with E-state index in [1.165, 1.54) is 0 Å². The van der Waals surface area contributed by atoms with Gasteiger partial charge in [-0.1, -0.05) is 26.0 Å². The molecule has 6 heteroatoms. The van der Waals surface area contributed by atoms with Gasteiger partial charge in [0.05, 0.1) is 11.3 Å². The predicted molar refractivity (Wildman–Crippen MR) is 66.6 cm³/mol. The number of nitrogens with zero attached hydrogens (tertiary/aromatic N) is 3. The maximum Gasteiger partial charge on any atom is 0.358 e. The van der Waals surface area contributed by atoms with Crippen molar-refractivity contribution < 1.29 is 15.0 Å². The smallest absolute Gasteiger partial charge is 0.358 e. The molecule has 0 radical (unpaired) electrons. The summed E-state index contributed by atoms with van der Waals surface area (Å²) in [6.45, 7) is 9.60. The second-order valence-electron chi connectivity index (χ2n) is 6.13. The summed E-state index contributed by atoms with van der Waals surface area (Å²) in [4.78, 5) is 11.1. The normalized spacial score (nSPS) is 12.8. The van der Waals surface area contributed by atoms with Gasteiger partial charge in [-0.2, -0.15) is 0 Å². The summed E-state index contributed by atoms with van der Waals surface area (Å²) in [5.74, 6) is -1.07. The minimum Gasteiger partial charge on any atom is -0.476 e. The molecule has 18 heavy (non-hydrogen) atoms. The predicted octanol–water partition coefficient (Wildman–Crippen LogP) is 1.43. The van der Waals surface area contributed by atoms with Crippen molar-refractivity contribution in [2.75, 3.05) is 0 Å². The van der Waals surface area contributed by atoms with E-state index >= 15 is 0 Å². The van der Waals surface area contributed by atoms with Gasteiger partial charge < -0.3 is 10.2 Å². The molecule has 102 valence electrons. The molecule has 0 saturated carbocycles. The molecule has 6 nitrogen and oxygen atoms in total. The number of aromatic nitrogens is 3. The molecule has 0 saturated heterocycles. The SMILES string of the molecule is CC(C)(O)CCn1nnc(C(=O)O)c1C(C)(C)C. The molecule has 0 amide bonds. The highest BCUT2D eigenvalue weighted by atomic mass is 16.4. The highest BCUT2D eigenvalue weighted by Crippen LogP contribution is 2.25. The van der Waals surface area contributed by atoms with Gasteiger partial charge in [-0.25, -0.2) is 9.48 Å². The highest BCUT2D eigenvalue weighted by Gasteiger charge is 2.29. The molecule has 0 fully saturated rings. The van der Waals surface area contributed by atoms with Crippen LogP contribution in [0.15, 0.2) is 0 Å². The third kappa shape index (κ3) is 3.53. The van der Waals surface area contributed by atoms with Crippen LogP contribution in [-0.4, -0.2) is 36.8 Å². The van der Waals surface area contributed by atoms with E-state index in [2.05, 4.69) is 10.3 Å². The van der Waals surface area contributed by atoms with E-state index in [0.717, 1.165) is 0 Å². The number of carboxylic acids is 1. The number of rotatable bonds is 4. The second-order valence-corrected chi connectivity index (χ2v) is 6.13. The first kappa shape index (κ1) is 14.6. The summed E-state index contributed by atoms with van der Waals surface area (Å²) in [5.41, 5.74) is -0.612. The lowest BCUT2D eigenvalue weighted by Crippen LogP contribution is -2.26. The zero-order valence-corrected chi connectivity index (χ0v) is 11.6. The van der Waals surface area contributed by atoms with Gasteiger partial charge in [-0.05, 0) is 20.3 Å². The van der Waals surface area contributed by atoms with Gasteiger partial charge in [-0.15, -0.1) is 5.10 Å². The van der Waals surface area contributed by atoms with E-state index < -0.39 is 11.6 Å². The fraction of sp³-hybridized carbons (Fsp3) is 0.750. The first-order chi connectivity index (χ1) is 8.02. The largest absolute Gasteiger partial charge is 0.476 e. The lowest BCUT2D eigenvalue weighted by Gasteiger charge is -2.22. The van der Waals surface area contributed by atoms with E-state index in [-0.39, 0.29) is 11.1 Å². The zero-order chi connectivity index (χ0) is 14.1. The summed E-state index contributed by atoms with van der Waals surface area (Å²) in [7, 11) is 0. The molecule has 1 aromatic heterocycles. The molecule has 1 aromatic rings. The Morgan fingerprint density at radius 3 is 2.22 bits per heavy atom. The minimum absolute atomic E-state index is 0.0155. The number of carbonyl (C=O) groups is 1. The molecule has 0 aromatic carbocycles. The van der Waals surface area contributed by atoms with Crippen LogP contribution in [0.2, 0.25) is 0 Å². The van der Waals surface area contributed by atoms with Crippen LogP contribution >= 0.6 is 0 Å². The second kappa shape index (κ2) is 4.68. The number of hydrogen-bond acceptors (Lipinski definition) is 4. The first-order valence-corrected chi connectivity index (χ1v) is 5.92. The van der Waals surface area contributed by atoms with E-state index in [1.807, 2.05) is 20.8 Å². The van der Waals surface area contributed by atoms with Gasteiger partial charge in [0.15, 0.2) is 5.69 Å². The van der Waals surface area contributed by atoms with E-state index in [9.17, 15) is 9.90 Å². The maximum absolute atomic E-state index is 11.1. The minimum atomic E-state index is -1.07. The molecule has 0 aliphatic carbocycles. The summed E-state index contributed by atoms with van der Waals surface area (Å²) >= 11 is 0.